The zero-order valence-corrected chi connectivity index (χ0v) is 18.0. The van der Waals surface area contributed by atoms with Crippen molar-refractivity contribution in [2.45, 2.75) is 6.42 Å². The lowest BCUT2D eigenvalue weighted by Crippen LogP contribution is -2.36. The van der Waals surface area contributed by atoms with Crippen LogP contribution in [0, 0.1) is 11.8 Å². The second-order valence-electron chi connectivity index (χ2n) is 7.00. The Morgan fingerprint density at radius 2 is 1.90 bits per heavy atom. The Balaban J connectivity index is 1.67. The summed E-state index contributed by atoms with van der Waals surface area (Å²) in [7, 11) is 1.64. The number of benzene rings is 2. The van der Waals surface area contributed by atoms with Gasteiger partial charge in [0.05, 0.1) is 21.3 Å². The highest BCUT2D eigenvalue weighted by molar-refractivity contribution is 6.42. The van der Waals surface area contributed by atoms with E-state index >= 15 is 0 Å². The summed E-state index contributed by atoms with van der Waals surface area (Å²) in [5.74, 6) is 5.46. The molecule has 0 fully saturated rings. The van der Waals surface area contributed by atoms with Gasteiger partial charge in [-0.3, -0.25) is 14.6 Å². The zero-order valence-electron chi connectivity index (χ0n) is 16.5. The van der Waals surface area contributed by atoms with E-state index in [2.05, 4.69) is 16.8 Å². The van der Waals surface area contributed by atoms with E-state index in [0.717, 1.165) is 5.56 Å². The van der Waals surface area contributed by atoms with E-state index in [-0.39, 0.29) is 17.3 Å². The molecule has 0 saturated heterocycles. The third-order valence-corrected chi connectivity index (χ3v) is 5.62. The van der Waals surface area contributed by atoms with E-state index < -0.39 is 0 Å². The molecule has 0 N–H and O–H groups in total. The van der Waals surface area contributed by atoms with Gasteiger partial charge in [-0.2, -0.15) is 0 Å². The SMILES string of the molecule is CN1C(=O)C(=Cc2ccc(Cl)c(Cl)c2)C(=O)c2cc(C#CCc3cccnc3)ccc21. The molecule has 2 aromatic carbocycles. The van der Waals surface area contributed by atoms with Gasteiger partial charge < -0.3 is 4.90 Å². The molecular weight excluding hydrogens is 431 g/mol. The Hall–Kier alpha value is -3.39. The Morgan fingerprint density at radius 1 is 1.06 bits per heavy atom. The number of Topliss-reactive ketones (excluding diaryl/α,β-unsaturated/α-hetero) is 1. The van der Waals surface area contributed by atoms with Crippen LogP contribution in [-0.4, -0.2) is 23.7 Å². The van der Waals surface area contributed by atoms with Crippen molar-refractivity contribution in [2.24, 2.45) is 0 Å². The minimum Gasteiger partial charge on any atom is -0.311 e. The highest BCUT2D eigenvalue weighted by Gasteiger charge is 2.32. The van der Waals surface area contributed by atoms with Gasteiger partial charge in [-0.15, -0.1) is 0 Å². The van der Waals surface area contributed by atoms with Gasteiger partial charge in [0.2, 0.25) is 5.78 Å². The van der Waals surface area contributed by atoms with Crippen LogP contribution in [-0.2, 0) is 11.2 Å². The Morgan fingerprint density at radius 3 is 2.65 bits per heavy atom. The summed E-state index contributed by atoms with van der Waals surface area (Å²) in [6.45, 7) is 0. The summed E-state index contributed by atoms with van der Waals surface area (Å²) >= 11 is 12.0. The van der Waals surface area contributed by atoms with Crippen molar-refractivity contribution in [1.82, 2.24) is 4.98 Å². The van der Waals surface area contributed by atoms with E-state index in [1.807, 2.05) is 12.1 Å². The van der Waals surface area contributed by atoms with Crippen LogP contribution in [0.25, 0.3) is 6.08 Å². The Labute approximate surface area is 190 Å². The van der Waals surface area contributed by atoms with Crippen LogP contribution in [0.1, 0.15) is 27.0 Å². The summed E-state index contributed by atoms with van der Waals surface area (Å²) in [6, 6.07) is 14.0. The summed E-state index contributed by atoms with van der Waals surface area (Å²) in [5.41, 5.74) is 3.39. The van der Waals surface area contributed by atoms with Gasteiger partial charge in [-0.1, -0.05) is 47.2 Å². The summed E-state index contributed by atoms with van der Waals surface area (Å²) < 4.78 is 0. The Bertz CT molecular complexity index is 1290. The maximum absolute atomic E-state index is 13.1. The fraction of sp³-hybridized carbons (Fsp3) is 0.0800. The predicted octanol–water partition coefficient (Wildman–Crippen LogP) is 5.23. The molecule has 3 aromatic rings. The number of halogens is 2. The van der Waals surface area contributed by atoms with Crippen molar-refractivity contribution in [3.8, 4) is 11.8 Å². The average Bonchev–Trinajstić information content (AvgIpc) is 2.78. The molecule has 1 aromatic heterocycles. The highest BCUT2D eigenvalue weighted by atomic mass is 35.5. The summed E-state index contributed by atoms with van der Waals surface area (Å²) in [5, 5.41) is 0.758. The number of amides is 1. The minimum absolute atomic E-state index is 0.0638. The van der Waals surface area contributed by atoms with Crippen molar-refractivity contribution >= 4 is 46.7 Å². The number of ketones is 1. The standard InChI is InChI=1S/C25H16Cl2N2O2/c1-29-23-10-8-16(4-2-5-17-6-3-11-28-15-17)12-19(23)24(30)20(25(29)31)13-18-7-9-21(26)22(27)14-18/h3,6-15H,5H2,1H3. The van der Waals surface area contributed by atoms with Crippen LogP contribution in [0.2, 0.25) is 10.0 Å². The van der Waals surface area contributed by atoms with Crippen LogP contribution in [0.3, 0.4) is 0 Å². The number of anilines is 1. The first kappa shape index (κ1) is 20.9. The molecule has 152 valence electrons. The second kappa shape index (κ2) is 8.77. The number of pyridine rings is 1. The van der Waals surface area contributed by atoms with E-state index in [4.69, 9.17) is 23.2 Å². The lowest BCUT2D eigenvalue weighted by Gasteiger charge is -2.26. The number of likely N-dealkylation sites (N-methyl/N-ethyl adjacent to an activating group) is 1. The van der Waals surface area contributed by atoms with Gasteiger partial charge in [0.25, 0.3) is 5.91 Å². The monoisotopic (exact) mass is 446 g/mol. The average molecular weight is 447 g/mol. The molecule has 4 rings (SSSR count). The minimum atomic E-state index is -0.376. The van der Waals surface area contributed by atoms with Gasteiger partial charge >= 0.3 is 0 Å². The molecule has 0 unspecified atom stereocenters. The molecule has 0 saturated carbocycles. The molecule has 4 nitrogen and oxygen atoms in total. The number of nitrogens with zero attached hydrogens (tertiary/aromatic N) is 2. The lowest BCUT2D eigenvalue weighted by atomic mass is 9.92. The van der Waals surface area contributed by atoms with Gasteiger partial charge in [-0.05, 0) is 53.6 Å². The van der Waals surface area contributed by atoms with Crippen LogP contribution >= 0.6 is 23.2 Å². The number of hydrogen-bond acceptors (Lipinski definition) is 3. The highest BCUT2D eigenvalue weighted by Crippen LogP contribution is 2.32. The predicted molar refractivity (Wildman–Crippen MR) is 123 cm³/mol. The van der Waals surface area contributed by atoms with Crippen molar-refractivity contribution in [1.29, 1.82) is 0 Å². The summed E-state index contributed by atoms with van der Waals surface area (Å²) in [6.07, 6.45) is 5.57. The van der Waals surface area contributed by atoms with E-state index in [1.54, 1.807) is 55.8 Å². The molecule has 1 amide bonds. The molecule has 0 spiro atoms. The number of carbonyl (C=O) groups is 2. The van der Waals surface area contributed by atoms with Crippen LogP contribution in [0.5, 0.6) is 0 Å². The van der Waals surface area contributed by atoms with Gasteiger partial charge in [0.1, 0.15) is 0 Å². The molecule has 6 heteroatoms. The first-order valence-electron chi connectivity index (χ1n) is 9.45. The van der Waals surface area contributed by atoms with E-state index in [9.17, 15) is 9.59 Å². The molecule has 0 bridgehead atoms. The largest absolute Gasteiger partial charge is 0.311 e. The Kier molecular flexibility index (Phi) is 5.90. The first-order valence-corrected chi connectivity index (χ1v) is 10.2. The summed E-state index contributed by atoms with van der Waals surface area (Å²) in [4.78, 5) is 31.5. The molecule has 1 aliphatic heterocycles. The molecule has 1 aliphatic rings. The van der Waals surface area contributed by atoms with Gasteiger partial charge in [-0.25, -0.2) is 0 Å². The molecule has 0 atom stereocenters. The third-order valence-electron chi connectivity index (χ3n) is 4.88. The van der Waals surface area contributed by atoms with Crippen LogP contribution < -0.4 is 4.90 Å². The normalized spacial score (nSPS) is 14.3. The fourth-order valence-electron chi connectivity index (χ4n) is 3.27. The fourth-order valence-corrected chi connectivity index (χ4v) is 3.57. The van der Waals surface area contributed by atoms with Crippen molar-refractivity contribution in [3.63, 3.8) is 0 Å². The third kappa shape index (κ3) is 4.39. The molecule has 0 aliphatic carbocycles. The zero-order chi connectivity index (χ0) is 22.0. The van der Waals surface area contributed by atoms with Gasteiger partial charge in [0.15, 0.2) is 0 Å². The van der Waals surface area contributed by atoms with Crippen molar-refractivity contribution in [2.75, 3.05) is 11.9 Å². The number of aromatic nitrogens is 1. The number of hydrogen-bond donors (Lipinski definition) is 0. The van der Waals surface area contributed by atoms with Gasteiger partial charge in [0, 0.05) is 37.0 Å². The van der Waals surface area contributed by atoms with E-state index in [1.165, 1.54) is 11.0 Å². The lowest BCUT2D eigenvalue weighted by molar-refractivity contribution is -0.114. The molecule has 0 radical (unpaired) electrons. The topological polar surface area (TPSA) is 50.3 Å². The molecule has 2 heterocycles. The van der Waals surface area contributed by atoms with Crippen molar-refractivity contribution < 1.29 is 9.59 Å². The maximum Gasteiger partial charge on any atom is 0.262 e. The van der Waals surface area contributed by atoms with Crippen LogP contribution in [0.4, 0.5) is 5.69 Å². The number of carbonyl (C=O) groups excluding carboxylic acids is 2. The maximum atomic E-state index is 13.1. The smallest absolute Gasteiger partial charge is 0.262 e. The van der Waals surface area contributed by atoms with Crippen molar-refractivity contribution in [3.05, 3.63) is 98.8 Å². The first-order chi connectivity index (χ1) is 14.9. The number of rotatable bonds is 2. The van der Waals surface area contributed by atoms with Crippen LogP contribution in [0.15, 0.2) is 66.5 Å². The quantitative estimate of drug-likeness (QED) is 0.307. The second-order valence-corrected chi connectivity index (χ2v) is 7.81. The molecular formula is C25H16Cl2N2O2. The number of fused-ring (bicyclic) bond motifs is 1. The molecule has 31 heavy (non-hydrogen) atoms. The van der Waals surface area contributed by atoms with E-state index in [0.29, 0.717) is 38.8 Å².